The highest BCUT2D eigenvalue weighted by atomic mass is 35.5. The maximum atomic E-state index is 12.9. The van der Waals surface area contributed by atoms with Gasteiger partial charge in [-0.25, -0.2) is 0 Å². The van der Waals surface area contributed by atoms with Crippen LogP contribution in [0.25, 0.3) is 11.3 Å². The number of hydrogen-bond acceptors (Lipinski definition) is 3. The van der Waals surface area contributed by atoms with Crippen LogP contribution in [-0.4, -0.2) is 47.2 Å². The van der Waals surface area contributed by atoms with E-state index in [4.69, 9.17) is 11.6 Å². The Kier molecular flexibility index (Phi) is 5.53. The smallest absolute Gasteiger partial charge is 0.257 e. The van der Waals surface area contributed by atoms with Crippen LogP contribution in [0.1, 0.15) is 30.1 Å². The van der Waals surface area contributed by atoms with Gasteiger partial charge in [0.2, 0.25) is 0 Å². The SMILES string of the molecule is CCNCC1CCN(C(=O)c2cn[nH]c2-c2ccccc2Cl)CC1. The molecular formula is C18H23ClN4O. The molecule has 2 heterocycles. The number of nitrogens with zero attached hydrogens (tertiary/aromatic N) is 2. The van der Waals surface area contributed by atoms with Crippen LogP contribution >= 0.6 is 11.6 Å². The zero-order chi connectivity index (χ0) is 16.9. The third-order valence-electron chi connectivity index (χ3n) is 4.60. The second-order valence-corrected chi connectivity index (χ2v) is 6.59. The number of piperidine rings is 1. The third kappa shape index (κ3) is 3.62. The Morgan fingerprint density at radius 1 is 1.38 bits per heavy atom. The van der Waals surface area contributed by atoms with Gasteiger partial charge in [0.15, 0.2) is 0 Å². The van der Waals surface area contributed by atoms with Crippen molar-refractivity contribution in [1.82, 2.24) is 20.4 Å². The van der Waals surface area contributed by atoms with Gasteiger partial charge in [0, 0.05) is 23.7 Å². The summed E-state index contributed by atoms with van der Waals surface area (Å²) >= 11 is 6.27. The van der Waals surface area contributed by atoms with Crippen molar-refractivity contribution >= 4 is 17.5 Å². The molecule has 6 heteroatoms. The molecule has 1 aliphatic rings. The molecule has 3 rings (SSSR count). The van der Waals surface area contributed by atoms with E-state index in [-0.39, 0.29) is 5.91 Å². The fraction of sp³-hybridized carbons (Fsp3) is 0.444. The number of rotatable bonds is 5. The molecule has 2 N–H and O–H groups in total. The van der Waals surface area contributed by atoms with Gasteiger partial charge in [-0.3, -0.25) is 9.89 Å². The summed E-state index contributed by atoms with van der Waals surface area (Å²) in [5.74, 6) is 0.682. The molecule has 0 unspecified atom stereocenters. The molecule has 0 spiro atoms. The number of nitrogens with one attached hydrogen (secondary N) is 2. The van der Waals surface area contributed by atoms with Gasteiger partial charge in [-0.2, -0.15) is 5.10 Å². The molecule has 0 aliphatic carbocycles. The third-order valence-corrected chi connectivity index (χ3v) is 4.93. The van der Waals surface area contributed by atoms with Crippen LogP contribution in [0.4, 0.5) is 0 Å². The Bertz CT molecular complexity index is 692. The average molecular weight is 347 g/mol. The summed E-state index contributed by atoms with van der Waals surface area (Å²) in [5.41, 5.74) is 2.09. The van der Waals surface area contributed by atoms with Crippen molar-refractivity contribution in [2.24, 2.45) is 5.92 Å². The largest absolute Gasteiger partial charge is 0.339 e. The molecule has 0 radical (unpaired) electrons. The predicted octanol–water partition coefficient (Wildman–Crippen LogP) is 3.19. The summed E-state index contributed by atoms with van der Waals surface area (Å²) in [6.07, 6.45) is 3.68. The molecular weight excluding hydrogens is 324 g/mol. The topological polar surface area (TPSA) is 61.0 Å². The van der Waals surface area contributed by atoms with Crippen molar-refractivity contribution in [2.75, 3.05) is 26.2 Å². The van der Waals surface area contributed by atoms with Gasteiger partial charge in [0.1, 0.15) is 0 Å². The first-order valence-corrected chi connectivity index (χ1v) is 8.86. The van der Waals surface area contributed by atoms with Crippen molar-refractivity contribution in [1.29, 1.82) is 0 Å². The van der Waals surface area contributed by atoms with E-state index < -0.39 is 0 Å². The minimum atomic E-state index is 0.0283. The summed E-state index contributed by atoms with van der Waals surface area (Å²) in [6, 6.07) is 7.49. The van der Waals surface area contributed by atoms with Gasteiger partial charge in [-0.15, -0.1) is 0 Å². The lowest BCUT2D eigenvalue weighted by atomic mass is 9.96. The number of carbonyl (C=O) groups is 1. The maximum absolute atomic E-state index is 12.9. The molecule has 1 aromatic heterocycles. The zero-order valence-corrected chi connectivity index (χ0v) is 14.6. The van der Waals surface area contributed by atoms with Crippen LogP contribution in [0, 0.1) is 5.92 Å². The Balaban J connectivity index is 1.71. The van der Waals surface area contributed by atoms with Crippen LogP contribution in [0.3, 0.4) is 0 Å². The lowest BCUT2D eigenvalue weighted by molar-refractivity contribution is 0.0691. The van der Waals surface area contributed by atoms with E-state index >= 15 is 0 Å². The van der Waals surface area contributed by atoms with Gasteiger partial charge < -0.3 is 10.2 Å². The average Bonchev–Trinajstić information content (AvgIpc) is 3.09. The van der Waals surface area contributed by atoms with E-state index in [9.17, 15) is 4.79 Å². The first-order chi connectivity index (χ1) is 11.7. The Labute approximate surface area is 147 Å². The lowest BCUT2D eigenvalue weighted by Gasteiger charge is -2.32. The predicted molar refractivity (Wildman–Crippen MR) is 96.2 cm³/mol. The van der Waals surface area contributed by atoms with Crippen molar-refractivity contribution in [3.63, 3.8) is 0 Å². The summed E-state index contributed by atoms with van der Waals surface area (Å²) in [6.45, 7) is 5.74. The van der Waals surface area contributed by atoms with Crippen LogP contribution in [0.2, 0.25) is 5.02 Å². The number of hydrogen-bond donors (Lipinski definition) is 2. The van der Waals surface area contributed by atoms with Crippen molar-refractivity contribution in [3.8, 4) is 11.3 Å². The molecule has 24 heavy (non-hydrogen) atoms. The van der Waals surface area contributed by atoms with E-state index in [1.807, 2.05) is 29.2 Å². The fourth-order valence-corrected chi connectivity index (χ4v) is 3.41. The van der Waals surface area contributed by atoms with Gasteiger partial charge in [-0.05, 0) is 37.9 Å². The standard InChI is InChI=1S/C18H23ClN4O/c1-2-20-11-13-7-9-23(10-8-13)18(24)15-12-21-22-17(15)14-5-3-4-6-16(14)19/h3-6,12-13,20H,2,7-11H2,1H3,(H,21,22). The zero-order valence-electron chi connectivity index (χ0n) is 13.9. The molecule has 1 amide bonds. The van der Waals surface area contributed by atoms with Crippen LogP contribution in [0.5, 0.6) is 0 Å². The number of carbonyl (C=O) groups excluding carboxylic acids is 1. The number of aromatic amines is 1. The van der Waals surface area contributed by atoms with Crippen LogP contribution < -0.4 is 5.32 Å². The summed E-state index contributed by atoms with van der Waals surface area (Å²) in [5, 5.41) is 11.0. The monoisotopic (exact) mass is 346 g/mol. The molecule has 0 bridgehead atoms. The lowest BCUT2D eigenvalue weighted by Crippen LogP contribution is -2.40. The van der Waals surface area contributed by atoms with E-state index in [0.717, 1.165) is 44.6 Å². The van der Waals surface area contributed by atoms with Gasteiger partial charge >= 0.3 is 0 Å². The highest BCUT2D eigenvalue weighted by Crippen LogP contribution is 2.29. The molecule has 0 atom stereocenters. The summed E-state index contributed by atoms with van der Waals surface area (Å²) < 4.78 is 0. The molecule has 1 aliphatic heterocycles. The second-order valence-electron chi connectivity index (χ2n) is 6.18. The minimum absolute atomic E-state index is 0.0283. The second kappa shape index (κ2) is 7.81. The van der Waals surface area contributed by atoms with E-state index in [1.165, 1.54) is 0 Å². The number of benzene rings is 1. The molecule has 1 saturated heterocycles. The van der Waals surface area contributed by atoms with E-state index in [1.54, 1.807) is 6.20 Å². The normalized spacial score (nSPS) is 15.7. The molecule has 0 saturated carbocycles. The van der Waals surface area contributed by atoms with Gasteiger partial charge in [0.25, 0.3) is 5.91 Å². The van der Waals surface area contributed by atoms with Crippen molar-refractivity contribution in [2.45, 2.75) is 19.8 Å². The Morgan fingerprint density at radius 2 is 2.12 bits per heavy atom. The van der Waals surface area contributed by atoms with Crippen molar-refractivity contribution < 1.29 is 4.79 Å². The van der Waals surface area contributed by atoms with Gasteiger partial charge in [-0.1, -0.05) is 36.7 Å². The van der Waals surface area contributed by atoms with E-state index in [0.29, 0.717) is 22.2 Å². The van der Waals surface area contributed by atoms with Crippen LogP contribution in [0.15, 0.2) is 30.5 Å². The highest BCUT2D eigenvalue weighted by molar-refractivity contribution is 6.33. The number of likely N-dealkylation sites (tertiary alicyclic amines) is 1. The fourth-order valence-electron chi connectivity index (χ4n) is 3.18. The van der Waals surface area contributed by atoms with Crippen LogP contribution in [-0.2, 0) is 0 Å². The molecule has 1 fully saturated rings. The van der Waals surface area contributed by atoms with E-state index in [2.05, 4.69) is 22.4 Å². The first kappa shape index (κ1) is 17.0. The number of halogens is 1. The quantitative estimate of drug-likeness (QED) is 0.874. The molecule has 5 nitrogen and oxygen atoms in total. The summed E-state index contributed by atoms with van der Waals surface area (Å²) in [7, 11) is 0. The Hall–Kier alpha value is -1.85. The van der Waals surface area contributed by atoms with Crippen molar-refractivity contribution in [3.05, 3.63) is 41.0 Å². The summed E-state index contributed by atoms with van der Waals surface area (Å²) in [4.78, 5) is 14.8. The number of H-pyrrole nitrogens is 1. The van der Waals surface area contributed by atoms with Gasteiger partial charge in [0.05, 0.1) is 17.5 Å². The first-order valence-electron chi connectivity index (χ1n) is 8.49. The highest BCUT2D eigenvalue weighted by Gasteiger charge is 2.26. The Morgan fingerprint density at radius 3 is 2.83 bits per heavy atom. The number of amides is 1. The molecule has 128 valence electrons. The maximum Gasteiger partial charge on any atom is 0.257 e. The number of aromatic nitrogens is 2. The molecule has 1 aromatic carbocycles. The minimum Gasteiger partial charge on any atom is -0.339 e. The molecule has 2 aromatic rings.